The molecular weight excluding hydrogens is 390 g/mol. The van der Waals surface area contributed by atoms with E-state index in [2.05, 4.69) is 4.72 Å². The fourth-order valence-corrected chi connectivity index (χ4v) is 4.34. The minimum absolute atomic E-state index is 0.0101. The summed E-state index contributed by atoms with van der Waals surface area (Å²) in [4.78, 5) is 23.7. The average Bonchev–Trinajstić information content (AvgIpc) is 3.06. The van der Waals surface area contributed by atoms with E-state index in [1.54, 1.807) is 24.3 Å². The molecule has 8 heteroatoms. The van der Waals surface area contributed by atoms with Crippen LogP contribution in [0.4, 0.5) is 0 Å². The molecule has 2 aromatic rings. The molecule has 1 aliphatic carbocycles. The molecule has 0 amide bonds. The number of hydrogen-bond donors (Lipinski definition) is 1. The molecule has 1 atom stereocenters. The largest absolute Gasteiger partial charge is 0.451 e. The molecule has 27 heavy (non-hydrogen) atoms. The maximum absolute atomic E-state index is 12.6. The van der Waals surface area contributed by atoms with Crippen molar-refractivity contribution in [3.8, 4) is 0 Å². The lowest BCUT2D eigenvalue weighted by Gasteiger charge is -2.12. The summed E-state index contributed by atoms with van der Waals surface area (Å²) in [7, 11) is -3.94. The molecule has 142 valence electrons. The van der Waals surface area contributed by atoms with Gasteiger partial charge in [0.1, 0.15) is 4.90 Å². The Hall–Kier alpha value is -2.22. The Morgan fingerprint density at radius 3 is 2.59 bits per heavy atom. The SMILES string of the molecule is O=C(O[C@H]1CCCC1=O)c1ccc(Cl)c(S(=O)(=O)NCc2ccccc2)c1. The Bertz CT molecular complexity index is 959. The number of benzene rings is 2. The minimum atomic E-state index is -3.94. The Morgan fingerprint density at radius 1 is 1.19 bits per heavy atom. The lowest BCUT2D eigenvalue weighted by molar-refractivity contribution is -0.124. The third-order valence-corrected chi connectivity index (χ3v) is 6.15. The number of esters is 1. The second kappa shape index (κ2) is 8.21. The van der Waals surface area contributed by atoms with Gasteiger partial charge in [0, 0.05) is 13.0 Å². The van der Waals surface area contributed by atoms with E-state index in [1.165, 1.54) is 12.1 Å². The Kier molecular flexibility index (Phi) is 5.94. The van der Waals surface area contributed by atoms with Crippen molar-refractivity contribution in [3.63, 3.8) is 0 Å². The smallest absolute Gasteiger partial charge is 0.338 e. The lowest BCUT2D eigenvalue weighted by Crippen LogP contribution is -2.25. The molecule has 2 aromatic carbocycles. The van der Waals surface area contributed by atoms with Crippen LogP contribution in [-0.2, 0) is 26.1 Å². The highest BCUT2D eigenvalue weighted by Gasteiger charge is 2.29. The third kappa shape index (κ3) is 4.74. The molecule has 0 aromatic heterocycles. The zero-order valence-electron chi connectivity index (χ0n) is 14.4. The monoisotopic (exact) mass is 407 g/mol. The number of hydrogen-bond acceptors (Lipinski definition) is 5. The molecule has 0 heterocycles. The molecule has 0 bridgehead atoms. The fourth-order valence-electron chi connectivity index (χ4n) is 2.79. The number of ether oxygens (including phenoxy) is 1. The van der Waals surface area contributed by atoms with E-state index < -0.39 is 22.1 Å². The molecule has 3 rings (SSSR count). The van der Waals surface area contributed by atoms with Crippen LogP contribution in [0.2, 0.25) is 5.02 Å². The van der Waals surface area contributed by atoms with Crippen LogP contribution in [0, 0.1) is 0 Å². The first-order valence-corrected chi connectivity index (χ1v) is 10.3. The highest BCUT2D eigenvalue weighted by Crippen LogP contribution is 2.25. The number of rotatable bonds is 6. The Morgan fingerprint density at radius 2 is 1.93 bits per heavy atom. The van der Waals surface area contributed by atoms with Crippen LogP contribution in [0.25, 0.3) is 0 Å². The van der Waals surface area contributed by atoms with E-state index in [0.717, 1.165) is 11.6 Å². The summed E-state index contributed by atoms with van der Waals surface area (Å²) >= 11 is 6.04. The average molecular weight is 408 g/mol. The van der Waals surface area contributed by atoms with Crippen molar-refractivity contribution in [2.45, 2.75) is 36.8 Å². The predicted molar refractivity (Wildman–Crippen MR) is 100.0 cm³/mol. The number of sulfonamides is 1. The molecule has 0 spiro atoms. The summed E-state index contributed by atoms with van der Waals surface area (Å²) in [5.74, 6) is -0.860. The van der Waals surface area contributed by atoms with Gasteiger partial charge in [-0.25, -0.2) is 17.9 Å². The number of Topliss-reactive ketones (excluding diaryl/α,β-unsaturated/α-hetero) is 1. The van der Waals surface area contributed by atoms with Gasteiger partial charge in [0.2, 0.25) is 10.0 Å². The van der Waals surface area contributed by atoms with Crippen LogP contribution < -0.4 is 4.72 Å². The summed E-state index contributed by atoms with van der Waals surface area (Å²) in [6, 6.07) is 12.9. The van der Waals surface area contributed by atoms with Gasteiger partial charge < -0.3 is 4.74 Å². The first-order valence-electron chi connectivity index (χ1n) is 8.43. The van der Waals surface area contributed by atoms with Gasteiger partial charge in [-0.05, 0) is 36.6 Å². The number of carbonyl (C=O) groups is 2. The molecule has 0 unspecified atom stereocenters. The standard InChI is InChI=1S/C19H18ClNO5S/c20-15-10-9-14(19(23)26-17-8-4-7-16(17)22)11-18(15)27(24,25)21-12-13-5-2-1-3-6-13/h1-3,5-6,9-11,17,21H,4,7-8,12H2/t17-/m0/s1. The summed E-state index contributed by atoms with van der Waals surface area (Å²) in [6.07, 6.45) is 0.800. The van der Waals surface area contributed by atoms with Crippen LogP contribution in [0.15, 0.2) is 53.4 Å². The number of nitrogens with one attached hydrogen (secondary N) is 1. The van der Waals surface area contributed by atoms with E-state index >= 15 is 0 Å². The van der Waals surface area contributed by atoms with Crippen LogP contribution in [0.1, 0.15) is 35.2 Å². The van der Waals surface area contributed by atoms with Crippen molar-refractivity contribution in [2.75, 3.05) is 0 Å². The maximum Gasteiger partial charge on any atom is 0.338 e. The van der Waals surface area contributed by atoms with Gasteiger partial charge in [0.25, 0.3) is 0 Å². The second-order valence-electron chi connectivity index (χ2n) is 6.21. The van der Waals surface area contributed by atoms with E-state index in [9.17, 15) is 18.0 Å². The van der Waals surface area contributed by atoms with Crippen molar-refractivity contribution >= 4 is 33.4 Å². The van der Waals surface area contributed by atoms with Gasteiger partial charge in [-0.2, -0.15) is 0 Å². The molecule has 1 saturated carbocycles. The van der Waals surface area contributed by atoms with Gasteiger partial charge in [0.15, 0.2) is 11.9 Å². The van der Waals surface area contributed by atoms with E-state index in [-0.39, 0.29) is 27.8 Å². The highest BCUT2D eigenvalue weighted by atomic mass is 35.5. The molecule has 0 radical (unpaired) electrons. The summed E-state index contributed by atoms with van der Waals surface area (Å²) < 4.78 is 32.9. The zero-order valence-corrected chi connectivity index (χ0v) is 15.9. The topological polar surface area (TPSA) is 89.5 Å². The molecule has 1 fully saturated rings. The maximum atomic E-state index is 12.6. The van der Waals surface area contributed by atoms with E-state index in [1.807, 2.05) is 6.07 Å². The van der Waals surface area contributed by atoms with Crippen molar-refractivity contribution in [1.29, 1.82) is 0 Å². The second-order valence-corrected chi connectivity index (χ2v) is 8.35. The minimum Gasteiger partial charge on any atom is -0.451 e. The molecule has 0 saturated heterocycles. The first-order chi connectivity index (χ1) is 12.9. The van der Waals surface area contributed by atoms with Crippen molar-refractivity contribution in [1.82, 2.24) is 4.72 Å². The van der Waals surface area contributed by atoms with Crippen molar-refractivity contribution < 1.29 is 22.7 Å². The van der Waals surface area contributed by atoms with Crippen LogP contribution in [0.3, 0.4) is 0 Å². The van der Waals surface area contributed by atoms with E-state index in [0.29, 0.717) is 19.3 Å². The number of halogens is 1. The summed E-state index contributed by atoms with van der Waals surface area (Å²) in [5, 5.41) is -0.0101. The molecule has 6 nitrogen and oxygen atoms in total. The van der Waals surface area contributed by atoms with Crippen molar-refractivity contribution in [3.05, 3.63) is 64.7 Å². The van der Waals surface area contributed by atoms with Crippen LogP contribution in [0.5, 0.6) is 0 Å². The Labute approximate surface area is 162 Å². The highest BCUT2D eigenvalue weighted by molar-refractivity contribution is 7.89. The van der Waals surface area contributed by atoms with Gasteiger partial charge in [0.05, 0.1) is 10.6 Å². The number of ketones is 1. The van der Waals surface area contributed by atoms with Crippen molar-refractivity contribution in [2.24, 2.45) is 0 Å². The normalized spacial score (nSPS) is 17.1. The van der Waals surface area contributed by atoms with E-state index in [4.69, 9.17) is 16.3 Å². The first kappa shape index (κ1) is 19.5. The quantitative estimate of drug-likeness (QED) is 0.743. The summed E-state index contributed by atoms with van der Waals surface area (Å²) in [5.41, 5.74) is 0.812. The molecule has 0 aliphatic heterocycles. The Balaban J connectivity index is 1.77. The predicted octanol–water partition coefficient (Wildman–Crippen LogP) is 3.10. The van der Waals surface area contributed by atoms with Crippen LogP contribution in [-0.4, -0.2) is 26.3 Å². The van der Waals surface area contributed by atoms with Gasteiger partial charge >= 0.3 is 5.97 Å². The van der Waals surface area contributed by atoms with Crippen LogP contribution >= 0.6 is 11.6 Å². The molecular formula is C19H18ClNO5S. The van der Waals surface area contributed by atoms with Gasteiger partial charge in [-0.1, -0.05) is 41.9 Å². The van der Waals surface area contributed by atoms with Gasteiger partial charge in [-0.15, -0.1) is 0 Å². The zero-order chi connectivity index (χ0) is 19.4. The third-order valence-electron chi connectivity index (χ3n) is 4.26. The lowest BCUT2D eigenvalue weighted by atomic mass is 10.2. The molecule has 1 aliphatic rings. The van der Waals surface area contributed by atoms with Gasteiger partial charge in [-0.3, -0.25) is 4.79 Å². The summed E-state index contributed by atoms with van der Waals surface area (Å²) in [6.45, 7) is 0.0880. The molecule has 1 N–H and O–H groups in total. The number of carbonyl (C=O) groups excluding carboxylic acids is 2. The fraction of sp³-hybridized carbons (Fsp3) is 0.263.